The van der Waals surface area contributed by atoms with Gasteiger partial charge in [0.25, 0.3) is 0 Å². The van der Waals surface area contributed by atoms with Crippen LogP contribution in [0.5, 0.6) is 0 Å². The second kappa shape index (κ2) is 4.67. The van der Waals surface area contributed by atoms with Gasteiger partial charge in [0.1, 0.15) is 11.6 Å². The number of hydrogen-bond acceptors (Lipinski definition) is 3. The lowest BCUT2D eigenvalue weighted by atomic mass is 9.49. The first-order valence-electron chi connectivity index (χ1n) is 8.62. The number of rotatable bonds is 3. The lowest BCUT2D eigenvalue weighted by Gasteiger charge is -2.56. The molecule has 0 saturated heterocycles. The van der Waals surface area contributed by atoms with E-state index in [9.17, 15) is 0 Å². The van der Waals surface area contributed by atoms with E-state index < -0.39 is 0 Å². The number of aromatic nitrogens is 3. The summed E-state index contributed by atoms with van der Waals surface area (Å²) < 4.78 is 2.32. The predicted molar refractivity (Wildman–Crippen MR) is 88.0 cm³/mol. The van der Waals surface area contributed by atoms with Gasteiger partial charge in [-0.25, -0.2) is 0 Å². The van der Waals surface area contributed by atoms with E-state index in [4.69, 9.17) is 5.10 Å². The molecule has 0 aromatic carbocycles. The van der Waals surface area contributed by atoms with E-state index in [2.05, 4.69) is 33.5 Å². The van der Waals surface area contributed by atoms with Crippen LogP contribution >= 0.6 is 11.3 Å². The SMILES string of the molecule is Cn1c(Cc2ccsc2)nnc1C12CC3CC(CC(C3)C1)C2. The maximum absolute atomic E-state index is 4.70. The Balaban J connectivity index is 1.49. The third kappa shape index (κ3) is 1.92. The molecule has 4 saturated carbocycles. The van der Waals surface area contributed by atoms with Gasteiger partial charge in [-0.3, -0.25) is 0 Å². The summed E-state index contributed by atoms with van der Waals surface area (Å²) in [5.41, 5.74) is 1.71. The van der Waals surface area contributed by atoms with E-state index in [0.717, 1.165) is 30.0 Å². The van der Waals surface area contributed by atoms with E-state index in [1.54, 1.807) is 11.3 Å². The monoisotopic (exact) mass is 313 g/mol. The fraction of sp³-hybridized carbons (Fsp3) is 0.667. The first-order chi connectivity index (χ1) is 10.7. The molecule has 2 heterocycles. The molecular formula is C18H23N3S. The molecular weight excluding hydrogens is 290 g/mol. The van der Waals surface area contributed by atoms with Crippen LogP contribution in [0, 0.1) is 17.8 Å². The molecule has 0 atom stereocenters. The standard InChI is InChI=1S/C18H23N3S/c1-21-16(7-12-2-3-22-11-12)19-20-17(21)18-8-13-4-14(9-18)6-15(5-13)10-18/h2-3,11,13-15H,4-10H2,1H3. The first-order valence-corrected chi connectivity index (χ1v) is 9.56. The van der Waals surface area contributed by atoms with E-state index in [1.165, 1.54) is 49.9 Å². The highest BCUT2D eigenvalue weighted by Crippen LogP contribution is 2.60. The molecule has 2 aromatic heterocycles. The average molecular weight is 313 g/mol. The van der Waals surface area contributed by atoms with Crippen molar-refractivity contribution in [2.24, 2.45) is 24.8 Å². The van der Waals surface area contributed by atoms with Crippen molar-refractivity contribution in [1.29, 1.82) is 0 Å². The summed E-state index contributed by atoms with van der Waals surface area (Å²) in [7, 11) is 2.19. The molecule has 4 bridgehead atoms. The maximum atomic E-state index is 4.70. The van der Waals surface area contributed by atoms with Crippen molar-refractivity contribution in [3.63, 3.8) is 0 Å². The minimum absolute atomic E-state index is 0.351. The first kappa shape index (κ1) is 13.3. The largest absolute Gasteiger partial charge is 0.317 e. The molecule has 2 aromatic rings. The van der Waals surface area contributed by atoms with Gasteiger partial charge >= 0.3 is 0 Å². The number of thiophene rings is 1. The van der Waals surface area contributed by atoms with E-state index in [0.29, 0.717) is 5.41 Å². The molecule has 4 aliphatic carbocycles. The van der Waals surface area contributed by atoms with E-state index in [-0.39, 0.29) is 0 Å². The van der Waals surface area contributed by atoms with Gasteiger partial charge in [-0.2, -0.15) is 11.3 Å². The summed E-state index contributed by atoms with van der Waals surface area (Å²) in [4.78, 5) is 0. The zero-order valence-electron chi connectivity index (χ0n) is 13.2. The fourth-order valence-electron chi connectivity index (χ4n) is 5.94. The van der Waals surface area contributed by atoms with E-state index in [1.807, 2.05) is 0 Å². The van der Waals surface area contributed by atoms with E-state index >= 15 is 0 Å². The van der Waals surface area contributed by atoms with Gasteiger partial charge in [0.05, 0.1) is 0 Å². The van der Waals surface area contributed by atoms with Gasteiger partial charge in [0, 0.05) is 18.9 Å². The van der Waals surface area contributed by atoms with Crippen molar-refractivity contribution in [1.82, 2.24) is 14.8 Å². The number of nitrogens with zero attached hydrogens (tertiary/aromatic N) is 3. The Hall–Kier alpha value is -1.16. The Kier molecular flexibility index (Phi) is 2.82. The Morgan fingerprint density at radius 3 is 2.41 bits per heavy atom. The fourth-order valence-corrected chi connectivity index (χ4v) is 6.61. The zero-order valence-corrected chi connectivity index (χ0v) is 14.0. The summed E-state index contributed by atoms with van der Waals surface area (Å²) in [6.07, 6.45) is 9.46. The highest BCUT2D eigenvalue weighted by Gasteiger charge is 2.53. The second-order valence-electron chi connectivity index (χ2n) is 8.01. The Morgan fingerprint density at radius 1 is 1.14 bits per heavy atom. The summed E-state index contributed by atoms with van der Waals surface area (Å²) >= 11 is 1.76. The lowest BCUT2D eigenvalue weighted by molar-refractivity contribution is -0.0108. The van der Waals surface area contributed by atoms with Crippen LogP contribution in [0.15, 0.2) is 16.8 Å². The minimum Gasteiger partial charge on any atom is -0.317 e. The highest BCUT2D eigenvalue weighted by molar-refractivity contribution is 7.07. The van der Waals surface area contributed by atoms with Crippen molar-refractivity contribution >= 4 is 11.3 Å². The van der Waals surface area contributed by atoms with Crippen molar-refractivity contribution in [3.8, 4) is 0 Å². The molecule has 4 fully saturated rings. The Morgan fingerprint density at radius 2 is 1.82 bits per heavy atom. The van der Waals surface area contributed by atoms with Crippen LogP contribution in [0.4, 0.5) is 0 Å². The zero-order chi connectivity index (χ0) is 14.7. The van der Waals surface area contributed by atoms with Crippen LogP contribution in [0.3, 0.4) is 0 Å². The van der Waals surface area contributed by atoms with Gasteiger partial charge in [-0.1, -0.05) is 0 Å². The molecule has 4 heteroatoms. The van der Waals surface area contributed by atoms with Gasteiger partial charge in [-0.15, -0.1) is 10.2 Å². The van der Waals surface area contributed by atoms with Gasteiger partial charge in [0.15, 0.2) is 0 Å². The third-order valence-electron chi connectivity index (χ3n) is 6.42. The molecule has 0 aliphatic heterocycles. The third-order valence-corrected chi connectivity index (χ3v) is 7.15. The van der Waals surface area contributed by atoms with Gasteiger partial charge < -0.3 is 4.57 Å². The minimum atomic E-state index is 0.351. The van der Waals surface area contributed by atoms with Gasteiger partial charge in [-0.05, 0) is 78.7 Å². The topological polar surface area (TPSA) is 30.7 Å². The Labute approximate surface area is 135 Å². The summed E-state index contributed by atoms with van der Waals surface area (Å²) in [6.45, 7) is 0. The van der Waals surface area contributed by atoms with Crippen molar-refractivity contribution < 1.29 is 0 Å². The molecule has 0 amide bonds. The van der Waals surface area contributed by atoms with Crippen molar-refractivity contribution in [3.05, 3.63) is 34.0 Å². The quantitative estimate of drug-likeness (QED) is 0.859. The van der Waals surface area contributed by atoms with Crippen LogP contribution in [-0.2, 0) is 18.9 Å². The molecule has 22 heavy (non-hydrogen) atoms. The molecule has 0 radical (unpaired) electrons. The summed E-state index contributed by atoms with van der Waals surface area (Å²) in [5.74, 6) is 5.30. The predicted octanol–water partition coefficient (Wildman–Crippen LogP) is 3.94. The highest BCUT2D eigenvalue weighted by atomic mass is 32.1. The molecule has 3 nitrogen and oxygen atoms in total. The lowest BCUT2D eigenvalue weighted by Crippen LogP contribution is -2.49. The molecule has 0 spiro atoms. The van der Waals surface area contributed by atoms with Crippen LogP contribution in [0.1, 0.15) is 55.7 Å². The van der Waals surface area contributed by atoms with Crippen molar-refractivity contribution in [2.75, 3.05) is 0 Å². The van der Waals surface area contributed by atoms with Crippen LogP contribution in [0.2, 0.25) is 0 Å². The maximum Gasteiger partial charge on any atom is 0.139 e. The molecule has 0 unspecified atom stereocenters. The normalized spacial score (nSPS) is 36.1. The summed E-state index contributed by atoms with van der Waals surface area (Å²) in [6, 6.07) is 2.20. The van der Waals surface area contributed by atoms with Crippen molar-refractivity contribution in [2.45, 2.75) is 50.4 Å². The molecule has 0 N–H and O–H groups in total. The average Bonchev–Trinajstić information content (AvgIpc) is 3.09. The Bertz CT molecular complexity index is 650. The number of hydrogen-bond donors (Lipinski definition) is 0. The molecule has 116 valence electrons. The molecule has 4 aliphatic rings. The van der Waals surface area contributed by atoms with Crippen LogP contribution < -0.4 is 0 Å². The van der Waals surface area contributed by atoms with Gasteiger partial charge in [0.2, 0.25) is 0 Å². The van der Waals surface area contributed by atoms with Crippen LogP contribution in [0.25, 0.3) is 0 Å². The van der Waals surface area contributed by atoms with Crippen LogP contribution in [-0.4, -0.2) is 14.8 Å². The summed E-state index contributed by atoms with van der Waals surface area (Å²) in [5, 5.41) is 13.6. The second-order valence-corrected chi connectivity index (χ2v) is 8.79. The smallest absolute Gasteiger partial charge is 0.139 e. The molecule has 6 rings (SSSR count).